The van der Waals surface area contributed by atoms with Gasteiger partial charge in [0, 0.05) is 11.6 Å². The molecule has 2 heterocycles. The number of carbonyl (C=O) groups is 1. The molecular formula is C14H14N2O2S. The third kappa shape index (κ3) is 2.43. The van der Waals surface area contributed by atoms with Crippen LogP contribution in [0.25, 0.3) is 10.9 Å². The summed E-state index contributed by atoms with van der Waals surface area (Å²) in [5, 5.41) is 13.4. The highest BCUT2D eigenvalue weighted by atomic mass is 32.2. The van der Waals surface area contributed by atoms with Gasteiger partial charge in [-0.15, -0.1) is 11.8 Å². The van der Waals surface area contributed by atoms with Crippen LogP contribution in [0.1, 0.15) is 17.4 Å². The molecule has 0 radical (unpaired) electrons. The summed E-state index contributed by atoms with van der Waals surface area (Å²) in [6, 6.07) is 9.46. The number of nitrogens with zero attached hydrogens (tertiary/aromatic N) is 1. The van der Waals surface area contributed by atoms with Crippen LogP contribution in [0.5, 0.6) is 0 Å². The third-order valence-corrected chi connectivity index (χ3v) is 4.50. The summed E-state index contributed by atoms with van der Waals surface area (Å²) in [6.07, 6.45) is 2.45. The molecule has 0 aliphatic carbocycles. The summed E-state index contributed by atoms with van der Waals surface area (Å²) < 4.78 is 0. The molecule has 0 spiro atoms. The van der Waals surface area contributed by atoms with Gasteiger partial charge in [0.05, 0.1) is 10.9 Å². The molecule has 19 heavy (non-hydrogen) atoms. The Balaban J connectivity index is 1.97. The molecule has 0 amide bonds. The monoisotopic (exact) mass is 274 g/mol. The van der Waals surface area contributed by atoms with Gasteiger partial charge in [-0.1, -0.05) is 18.2 Å². The van der Waals surface area contributed by atoms with E-state index in [4.69, 9.17) is 5.11 Å². The van der Waals surface area contributed by atoms with Gasteiger partial charge in [-0.05, 0) is 29.9 Å². The average molecular weight is 274 g/mol. The van der Waals surface area contributed by atoms with E-state index in [-0.39, 0.29) is 5.37 Å². The number of benzene rings is 1. The summed E-state index contributed by atoms with van der Waals surface area (Å²) in [4.78, 5) is 15.4. The van der Waals surface area contributed by atoms with Crippen molar-refractivity contribution in [2.24, 2.45) is 0 Å². The highest BCUT2D eigenvalue weighted by Crippen LogP contribution is 2.34. The van der Waals surface area contributed by atoms with Crippen LogP contribution >= 0.6 is 11.8 Å². The summed E-state index contributed by atoms with van der Waals surface area (Å²) in [5.74, 6) is 0.0781. The lowest BCUT2D eigenvalue weighted by Gasteiger charge is -2.29. The lowest BCUT2D eigenvalue weighted by atomic mass is 10.1. The first-order valence-corrected chi connectivity index (χ1v) is 7.24. The normalized spacial score (nSPS) is 23.4. The van der Waals surface area contributed by atoms with Crippen LogP contribution < -0.4 is 5.32 Å². The first-order chi connectivity index (χ1) is 9.25. The number of carboxylic acids is 1. The van der Waals surface area contributed by atoms with E-state index >= 15 is 0 Å². The van der Waals surface area contributed by atoms with E-state index < -0.39 is 12.0 Å². The van der Waals surface area contributed by atoms with Crippen molar-refractivity contribution >= 4 is 28.6 Å². The highest BCUT2D eigenvalue weighted by molar-refractivity contribution is 7.99. The molecule has 1 aliphatic rings. The van der Waals surface area contributed by atoms with Crippen molar-refractivity contribution in [2.45, 2.75) is 17.8 Å². The molecule has 98 valence electrons. The van der Waals surface area contributed by atoms with E-state index in [0.29, 0.717) is 6.42 Å². The minimum absolute atomic E-state index is 0.0164. The number of hydrogen-bond acceptors (Lipinski definition) is 4. The van der Waals surface area contributed by atoms with Crippen LogP contribution in [0, 0.1) is 0 Å². The molecule has 5 heteroatoms. The molecule has 2 atom stereocenters. The first-order valence-electron chi connectivity index (χ1n) is 6.20. The zero-order chi connectivity index (χ0) is 13.2. The maximum absolute atomic E-state index is 11.1. The number of nitrogens with one attached hydrogen (secondary N) is 1. The number of pyridine rings is 1. The van der Waals surface area contributed by atoms with Crippen LogP contribution in [-0.2, 0) is 4.79 Å². The molecule has 1 aliphatic heterocycles. The lowest BCUT2D eigenvalue weighted by molar-refractivity contribution is -0.139. The Kier molecular flexibility index (Phi) is 3.40. The van der Waals surface area contributed by atoms with Gasteiger partial charge in [0.1, 0.15) is 6.04 Å². The zero-order valence-electron chi connectivity index (χ0n) is 10.2. The van der Waals surface area contributed by atoms with Crippen LogP contribution in [-0.4, -0.2) is 27.9 Å². The molecule has 1 saturated heterocycles. The number of thioether (sulfide) groups is 1. The fourth-order valence-electron chi connectivity index (χ4n) is 2.34. The SMILES string of the molecule is O=C(O)C1CCSC(c2ccnc3ccccc23)N1. The second-order valence-corrected chi connectivity index (χ2v) is 5.73. The molecule has 1 aromatic carbocycles. The van der Waals surface area contributed by atoms with Gasteiger partial charge in [0.25, 0.3) is 0 Å². The van der Waals surface area contributed by atoms with Crippen LogP contribution in [0.4, 0.5) is 0 Å². The second-order valence-electron chi connectivity index (χ2n) is 4.51. The zero-order valence-corrected chi connectivity index (χ0v) is 11.1. The maximum Gasteiger partial charge on any atom is 0.320 e. The predicted molar refractivity (Wildman–Crippen MR) is 76.1 cm³/mol. The standard InChI is InChI=1S/C14H14N2O2S/c17-14(18)12-6-8-19-13(16-12)10-5-7-15-11-4-2-1-3-9(10)11/h1-5,7,12-13,16H,6,8H2,(H,17,18). The second kappa shape index (κ2) is 5.19. The van der Waals surface area contributed by atoms with Gasteiger partial charge < -0.3 is 5.11 Å². The Morgan fingerprint density at radius 1 is 1.37 bits per heavy atom. The van der Waals surface area contributed by atoms with E-state index in [9.17, 15) is 4.79 Å². The summed E-state index contributed by atoms with van der Waals surface area (Å²) in [7, 11) is 0. The van der Waals surface area contributed by atoms with E-state index in [2.05, 4.69) is 10.3 Å². The number of rotatable bonds is 2. The van der Waals surface area contributed by atoms with Gasteiger partial charge in [-0.3, -0.25) is 15.1 Å². The van der Waals surface area contributed by atoms with E-state index in [1.165, 1.54) is 0 Å². The molecule has 0 bridgehead atoms. The number of aliphatic carboxylic acids is 1. The van der Waals surface area contributed by atoms with Crippen molar-refractivity contribution in [3.05, 3.63) is 42.1 Å². The van der Waals surface area contributed by atoms with E-state index in [1.54, 1.807) is 18.0 Å². The topological polar surface area (TPSA) is 62.2 Å². The quantitative estimate of drug-likeness (QED) is 0.880. The fourth-order valence-corrected chi connectivity index (χ4v) is 3.59. The van der Waals surface area contributed by atoms with Crippen molar-refractivity contribution in [1.29, 1.82) is 0 Å². The van der Waals surface area contributed by atoms with Crippen molar-refractivity contribution in [1.82, 2.24) is 10.3 Å². The van der Waals surface area contributed by atoms with Crippen LogP contribution in [0.2, 0.25) is 0 Å². The van der Waals surface area contributed by atoms with Gasteiger partial charge >= 0.3 is 5.97 Å². The maximum atomic E-state index is 11.1. The number of carboxylic acid groups (broad SMARTS) is 1. The Morgan fingerprint density at radius 2 is 2.21 bits per heavy atom. The first kappa shape index (κ1) is 12.4. The van der Waals surface area contributed by atoms with Crippen molar-refractivity contribution in [3.63, 3.8) is 0 Å². The molecule has 2 aromatic rings. The Labute approximate surface area is 115 Å². The predicted octanol–water partition coefficient (Wildman–Crippen LogP) is 2.41. The van der Waals surface area contributed by atoms with Crippen LogP contribution in [0.3, 0.4) is 0 Å². The van der Waals surface area contributed by atoms with Gasteiger partial charge in [0.15, 0.2) is 0 Å². The molecular weight excluding hydrogens is 260 g/mol. The average Bonchev–Trinajstić information content (AvgIpc) is 2.47. The van der Waals surface area contributed by atoms with Gasteiger partial charge in [-0.25, -0.2) is 0 Å². The largest absolute Gasteiger partial charge is 0.480 e. The third-order valence-electron chi connectivity index (χ3n) is 3.31. The van der Waals surface area contributed by atoms with Gasteiger partial charge in [-0.2, -0.15) is 0 Å². The minimum atomic E-state index is -0.774. The minimum Gasteiger partial charge on any atom is -0.480 e. The van der Waals surface area contributed by atoms with E-state index in [0.717, 1.165) is 22.2 Å². The Hall–Kier alpha value is -1.59. The van der Waals surface area contributed by atoms with E-state index in [1.807, 2.05) is 30.3 Å². The van der Waals surface area contributed by atoms with Gasteiger partial charge in [0.2, 0.25) is 0 Å². The van der Waals surface area contributed by atoms with Crippen molar-refractivity contribution in [3.8, 4) is 0 Å². The summed E-state index contributed by atoms with van der Waals surface area (Å²) in [5.41, 5.74) is 2.06. The van der Waals surface area contributed by atoms with Crippen molar-refractivity contribution < 1.29 is 9.90 Å². The molecule has 2 unspecified atom stereocenters. The summed E-state index contributed by atoms with van der Waals surface area (Å²) in [6.45, 7) is 0. The molecule has 1 aromatic heterocycles. The highest BCUT2D eigenvalue weighted by Gasteiger charge is 2.28. The smallest absolute Gasteiger partial charge is 0.320 e. The lowest BCUT2D eigenvalue weighted by Crippen LogP contribution is -2.41. The van der Waals surface area contributed by atoms with Crippen LogP contribution in [0.15, 0.2) is 36.5 Å². The molecule has 0 saturated carbocycles. The number of para-hydroxylation sites is 1. The number of aromatic nitrogens is 1. The number of fused-ring (bicyclic) bond motifs is 1. The number of hydrogen-bond donors (Lipinski definition) is 2. The fraction of sp³-hybridized carbons (Fsp3) is 0.286. The Morgan fingerprint density at radius 3 is 3.05 bits per heavy atom. The molecule has 1 fully saturated rings. The molecule has 3 rings (SSSR count). The van der Waals surface area contributed by atoms with Crippen molar-refractivity contribution in [2.75, 3.05) is 5.75 Å². The molecule has 2 N–H and O–H groups in total. The summed E-state index contributed by atoms with van der Waals surface area (Å²) >= 11 is 1.75. The molecule has 4 nitrogen and oxygen atoms in total. The Bertz CT molecular complexity index is 612.